The molecule has 0 aliphatic carbocycles. The van der Waals surface area contributed by atoms with Crippen molar-refractivity contribution in [2.24, 2.45) is 0 Å². The second-order valence-corrected chi connectivity index (χ2v) is 7.60. The first kappa shape index (κ1) is 15.3. The lowest BCUT2D eigenvalue weighted by Crippen LogP contribution is -2.43. The fourth-order valence-corrected chi connectivity index (χ4v) is 4.91. The molecule has 3 aliphatic heterocycles. The van der Waals surface area contributed by atoms with Crippen molar-refractivity contribution in [2.45, 2.75) is 56.8 Å². The summed E-state index contributed by atoms with van der Waals surface area (Å²) in [6.07, 6.45) is 5.35. The van der Waals surface area contributed by atoms with Gasteiger partial charge in [-0.3, -0.25) is 0 Å². The number of hydrogen-bond donors (Lipinski definition) is 0. The smallest absolute Gasteiger partial charge is 0.344 e. The van der Waals surface area contributed by atoms with Gasteiger partial charge in [-0.05, 0) is 32.4 Å². The lowest BCUT2D eigenvalue weighted by Gasteiger charge is -2.35. The average molecular weight is 340 g/mol. The highest BCUT2D eigenvalue weighted by atomic mass is 16.5. The van der Waals surface area contributed by atoms with Gasteiger partial charge in [0, 0.05) is 36.9 Å². The Morgan fingerprint density at radius 2 is 1.96 bits per heavy atom. The molecule has 1 aromatic heterocycles. The van der Waals surface area contributed by atoms with Crippen LogP contribution in [0.25, 0.3) is 10.9 Å². The molecule has 2 saturated heterocycles. The van der Waals surface area contributed by atoms with E-state index >= 15 is 0 Å². The molecular weight excluding hydrogens is 316 g/mol. The van der Waals surface area contributed by atoms with Crippen LogP contribution in [-0.4, -0.2) is 47.3 Å². The van der Waals surface area contributed by atoms with E-state index in [4.69, 9.17) is 9.47 Å². The monoisotopic (exact) mass is 340 g/mol. The number of hydrogen-bond acceptors (Lipinski definition) is 4. The molecule has 0 unspecified atom stereocenters. The highest BCUT2D eigenvalue weighted by Crippen LogP contribution is 2.38. The van der Waals surface area contributed by atoms with Crippen LogP contribution in [0.15, 0.2) is 24.3 Å². The summed E-state index contributed by atoms with van der Waals surface area (Å²) in [4.78, 5) is 15.5. The number of aryl methyl sites for hydroxylation is 1. The number of nitrogens with zero attached hydrogens (tertiary/aromatic N) is 2. The molecule has 1 aromatic carbocycles. The summed E-state index contributed by atoms with van der Waals surface area (Å²) in [5, 5.41) is 0.945. The van der Waals surface area contributed by atoms with Gasteiger partial charge < -0.3 is 18.9 Å². The summed E-state index contributed by atoms with van der Waals surface area (Å²) < 4.78 is 14.0. The van der Waals surface area contributed by atoms with E-state index < -0.39 is 0 Å². The minimum absolute atomic E-state index is 0.0269. The van der Waals surface area contributed by atoms with E-state index in [0.717, 1.165) is 36.7 Å². The highest BCUT2D eigenvalue weighted by molar-refractivity contribution is 6.07. The molecule has 2 aromatic rings. The van der Waals surface area contributed by atoms with E-state index in [1.807, 2.05) is 18.2 Å². The van der Waals surface area contributed by atoms with Crippen molar-refractivity contribution in [1.82, 2.24) is 9.47 Å². The quantitative estimate of drug-likeness (QED) is 0.788. The number of carbonyl (C=O) groups is 1. The number of benzene rings is 1. The molecule has 2 bridgehead atoms. The standard InChI is InChI=1S/C20H24N2O3/c1-21-13-7-8-14(21)12-15(11-13)25-20(23)18-16-5-2-3-6-17(16)22-9-4-10-24-19(18)22/h2-3,5-6,13-15H,4,7-12H2,1H3/t13-,14+,15-. The summed E-state index contributed by atoms with van der Waals surface area (Å²) in [7, 11) is 2.20. The Bertz CT molecular complexity index is 814. The molecule has 25 heavy (non-hydrogen) atoms. The Balaban J connectivity index is 1.46. The highest BCUT2D eigenvalue weighted by Gasteiger charge is 2.40. The van der Waals surface area contributed by atoms with Crippen LogP contribution in [0.2, 0.25) is 0 Å². The van der Waals surface area contributed by atoms with Gasteiger partial charge in [-0.2, -0.15) is 0 Å². The average Bonchev–Trinajstić information content (AvgIpc) is 3.04. The Labute approximate surface area is 147 Å². The molecule has 3 aliphatic rings. The van der Waals surface area contributed by atoms with E-state index in [0.29, 0.717) is 30.1 Å². The molecule has 5 nitrogen and oxygen atoms in total. The van der Waals surface area contributed by atoms with Crippen molar-refractivity contribution in [2.75, 3.05) is 13.7 Å². The van der Waals surface area contributed by atoms with E-state index in [9.17, 15) is 4.79 Å². The number of piperidine rings is 1. The number of carbonyl (C=O) groups excluding carboxylic acids is 1. The van der Waals surface area contributed by atoms with Gasteiger partial charge in [0.25, 0.3) is 0 Å². The maximum atomic E-state index is 13.0. The number of para-hydroxylation sites is 1. The van der Waals surface area contributed by atoms with Gasteiger partial charge in [-0.15, -0.1) is 0 Å². The summed E-state index contributed by atoms with van der Waals surface area (Å²) in [5.74, 6) is 0.467. The van der Waals surface area contributed by atoms with Gasteiger partial charge >= 0.3 is 5.97 Å². The van der Waals surface area contributed by atoms with Crippen LogP contribution >= 0.6 is 0 Å². The van der Waals surface area contributed by atoms with Gasteiger partial charge in [0.2, 0.25) is 5.88 Å². The van der Waals surface area contributed by atoms with Gasteiger partial charge in [0.15, 0.2) is 0 Å². The molecule has 4 heterocycles. The minimum Gasteiger partial charge on any atom is -0.478 e. The molecular formula is C20H24N2O3. The van der Waals surface area contributed by atoms with Crippen LogP contribution in [-0.2, 0) is 11.3 Å². The molecule has 0 amide bonds. The number of aromatic nitrogens is 1. The summed E-state index contributed by atoms with van der Waals surface area (Å²) in [6.45, 7) is 1.55. The summed E-state index contributed by atoms with van der Waals surface area (Å²) >= 11 is 0. The number of esters is 1. The van der Waals surface area contributed by atoms with Crippen LogP contribution in [0, 0.1) is 0 Å². The Kier molecular flexibility index (Phi) is 3.52. The minimum atomic E-state index is -0.221. The SMILES string of the molecule is CN1[C@@H]2CC[C@H]1C[C@H](OC(=O)c1c3n(c4ccccc14)CCCO3)C2. The fourth-order valence-electron chi connectivity index (χ4n) is 4.91. The Morgan fingerprint density at radius 1 is 1.20 bits per heavy atom. The molecule has 2 fully saturated rings. The number of rotatable bonds is 2. The van der Waals surface area contributed by atoms with Gasteiger partial charge in [-0.25, -0.2) is 4.79 Å². The normalized spacial score (nSPS) is 28.6. The van der Waals surface area contributed by atoms with Crippen molar-refractivity contribution in [3.8, 4) is 5.88 Å². The third-order valence-corrected chi connectivity index (χ3v) is 6.22. The van der Waals surface area contributed by atoms with Gasteiger partial charge in [0.1, 0.15) is 11.7 Å². The molecule has 5 heteroatoms. The zero-order valence-electron chi connectivity index (χ0n) is 14.6. The van der Waals surface area contributed by atoms with E-state index in [2.05, 4.69) is 22.6 Å². The lowest BCUT2D eigenvalue weighted by molar-refractivity contribution is -0.000680. The zero-order chi connectivity index (χ0) is 17.0. The topological polar surface area (TPSA) is 43.7 Å². The van der Waals surface area contributed by atoms with Crippen LogP contribution in [0.4, 0.5) is 0 Å². The van der Waals surface area contributed by atoms with Crippen LogP contribution in [0.5, 0.6) is 5.88 Å². The zero-order valence-corrected chi connectivity index (χ0v) is 14.6. The molecule has 0 radical (unpaired) electrons. The first-order valence-corrected chi connectivity index (χ1v) is 9.39. The van der Waals surface area contributed by atoms with Crippen molar-refractivity contribution < 1.29 is 14.3 Å². The lowest BCUT2D eigenvalue weighted by atomic mass is 10.0. The van der Waals surface area contributed by atoms with Crippen LogP contribution in [0.3, 0.4) is 0 Å². The van der Waals surface area contributed by atoms with E-state index in [-0.39, 0.29) is 12.1 Å². The fraction of sp³-hybridized carbons (Fsp3) is 0.550. The molecule has 132 valence electrons. The van der Waals surface area contributed by atoms with Crippen molar-refractivity contribution in [3.05, 3.63) is 29.8 Å². The Hall–Kier alpha value is -2.01. The summed E-state index contributed by atoms with van der Waals surface area (Å²) in [5.41, 5.74) is 1.68. The third-order valence-electron chi connectivity index (χ3n) is 6.22. The first-order valence-electron chi connectivity index (χ1n) is 9.39. The number of fused-ring (bicyclic) bond motifs is 5. The van der Waals surface area contributed by atoms with Gasteiger partial charge in [0.05, 0.1) is 12.1 Å². The summed E-state index contributed by atoms with van der Waals surface area (Å²) in [6, 6.07) is 9.16. The van der Waals surface area contributed by atoms with E-state index in [1.54, 1.807) is 0 Å². The van der Waals surface area contributed by atoms with Crippen molar-refractivity contribution >= 4 is 16.9 Å². The van der Waals surface area contributed by atoms with Crippen molar-refractivity contribution in [1.29, 1.82) is 0 Å². The second-order valence-electron chi connectivity index (χ2n) is 7.60. The van der Waals surface area contributed by atoms with Crippen LogP contribution < -0.4 is 4.74 Å². The predicted octanol–water partition coefficient (Wildman–Crippen LogP) is 3.21. The molecule has 0 spiro atoms. The maximum Gasteiger partial charge on any atom is 0.344 e. The predicted molar refractivity (Wildman–Crippen MR) is 95.1 cm³/mol. The number of ether oxygens (including phenoxy) is 2. The first-order chi connectivity index (χ1) is 12.2. The Morgan fingerprint density at radius 3 is 2.76 bits per heavy atom. The third kappa shape index (κ3) is 2.36. The maximum absolute atomic E-state index is 13.0. The van der Waals surface area contributed by atoms with Crippen molar-refractivity contribution in [3.63, 3.8) is 0 Å². The molecule has 3 atom stereocenters. The van der Waals surface area contributed by atoms with Crippen LogP contribution in [0.1, 0.15) is 42.5 Å². The van der Waals surface area contributed by atoms with Gasteiger partial charge in [-0.1, -0.05) is 18.2 Å². The molecule has 5 rings (SSSR count). The second kappa shape index (κ2) is 5.77. The largest absolute Gasteiger partial charge is 0.478 e. The van der Waals surface area contributed by atoms with E-state index in [1.165, 1.54) is 12.8 Å². The molecule has 0 saturated carbocycles. The molecule has 0 N–H and O–H groups in total.